The molecule has 0 bridgehead atoms. The first-order valence-corrected chi connectivity index (χ1v) is 10.6. The molecular weight excluding hydrogens is 386 g/mol. The number of para-hydroxylation sites is 1. The molecule has 1 aliphatic heterocycles. The third-order valence-corrected chi connectivity index (χ3v) is 5.92. The quantitative estimate of drug-likeness (QED) is 0.457. The standard InChI is InChI=1S/C24H27N7/c1-30(2)19-11-12-31(15-19)24-21-20(25)14-26-23(21)28-22(29-24)16-7-6-10-18(13-16)27-17-8-4-3-5-9-17/h3-10,13-14,19,27H,11-12,15,25H2,1-2H3,(H,26,28,29)/t19-/m1/s1. The summed E-state index contributed by atoms with van der Waals surface area (Å²) in [5.74, 6) is 1.60. The molecule has 4 N–H and O–H groups in total. The zero-order valence-electron chi connectivity index (χ0n) is 17.8. The first kappa shape index (κ1) is 19.4. The maximum Gasteiger partial charge on any atom is 0.163 e. The van der Waals surface area contributed by atoms with Crippen molar-refractivity contribution in [2.24, 2.45) is 0 Å². The van der Waals surface area contributed by atoms with Gasteiger partial charge in [-0.05, 0) is 44.8 Å². The summed E-state index contributed by atoms with van der Waals surface area (Å²) in [5, 5.41) is 4.35. The zero-order valence-corrected chi connectivity index (χ0v) is 17.8. The number of aromatic amines is 1. The van der Waals surface area contributed by atoms with Gasteiger partial charge in [-0.15, -0.1) is 0 Å². The Labute approximate surface area is 181 Å². The van der Waals surface area contributed by atoms with E-state index in [1.54, 1.807) is 6.20 Å². The molecule has 0 spiro atoms. The number of nitrogens with two attached hydrogens (primary N) is 1. The lowest BCUT2D eigenvalue weighted by atomic mass is 10.1. The molecule has 0 saturated carbocycles. The van der Waals surface area contributed by atoms with Crippen molar-refractivity contribution in [3.8, 4) is 11.4 Å². The van der Waals surface area contributed by atoms with Gasteiger partial charge in [0.05, 0.1) is 11.1 Å². The van der Waals surface area contributed by atoms with Crippen molar-refractivity contribution in [2.75, 3.05) is 43.1 Å². The molecule has 31 heavy (non-hydrogen) atoms. The van der Waals surface area contributed by atoms with Crippen molar-refractivity contribution < 1.29 is 0 Å². The molecule has 4 aromatic rings. The first-order chi connectivity index (χ1) is 15.1. The Balaban J connectivity index is 1.53. The summed E-state index contributed by atoms with van der Waals surface area (Å²) in [6, 6.07) is 18.8. The molecule has 1 atom stereocenters. The van der Waals surface area contributed by atoms with Crippen molar-refractivity contribution in [1.29, 1.82) is 0 Å². The number of rotatable bonds is 5. The van der Waals surface area contributed by atoms with Crippen LogP contribution in [-0.4, -0.2) is 53.1 Å². The number of nitrogens with one attached hydrogen (secondary N) is 2. The van der Waals surface area contributed by atoms with E-state index in [1.807, 2.05) is 48.5 Å². The lowest BCUT2D eigenvalue weighted by Crippen LogP contribution is -2.31. The fourth-order valence-electron chi connectivity index (χ4n) is 4.18. The van der Waals surface area contributed by atoms with Crippen molar-refractivity contribution >= 4 is 33.9 Å². The molecule has 5 rings (SSSR count). The number of nitrogen functional groups attached to an aromatic ring is 1. The molecule has 2 aromatic carbocycles. The Kier molecular flexibility index (Phi) is 4.95. The summed E-state index contributed by atoms with van der Waals surface area (Å²) < 4.78 is 0. The van der Waals surface area contributed by atoms with Gasteiger partial charge in [0.2, 0.25) is 0 Å². The smallest absolute Gasteiger partial charge is 0.163 e. The Morgan fingerprint density at radius 1 is 1.06 bits per heavy atom. The van der Waals surface area contributed by atoms with Crippen LogP contribution in [0, 0.1) is 0 Å². The van der Waals surface area contributed by atoms with E-state index in [-0.39, 0.29) is 0 Å². The topological polar surface area (TPSA) is 86.1 Å². The summed E-state index contributed by atoms with van der Waals surface area (Å²) in [6.07, 6.45) is 2.91. The minimum atomic E-state index is 0.507. The van der Waals surface area contributed by atoms with Crippen molar-refractivity contribution in [2.45, 2.75) is 12.5 Å². The van der Waals surface area contributed by atoms with E-state index in [4.69, 9.17) is 15.7 Å². The normalized spacial score (nSPS) is 16.4. The lowest BCUT2D eigenvalue weighted by molar-refractivity contribution is 0.315. The van der Waals surface area contributed by atoms with Crippen molar-refractivity contribution in [3.05, 3.63) is 60.8 Å². The first-order valence-electron chi connectivity index (χ1n) is 10.6. The number of fused-ring (bicyclic) bond motifs is 1. The maximum absolute atomic E-state index is 6.28. The molecule has 2 aromatic heterocycles. The van der Waals surface area contributed by atoms with Gasteiger partial charge in [0.15, 0.2) is 5.82 Å². The second-order valence-electron chi connectivity index (χ2n) is 8.26. The highest BCUT2D eigenvalue weighted by molar-refractivity contribution is 5.99. The second kappa shape index (κ2) is 7.92. The van der Waals surface area contributed by atoms with E-state index in [1.165, 1.54) is 0 Å². The SMILES string of the molecule is CN(C)[C@@H]1CCN(c2nc(-c3cccc(Nc4ccccc4)c3)nc3[nH]cc(N)c23)C1. The minimum absolute atomic E-state index is 0.507. The van der Waals surface area contributed by atoms with Gasteiger partial charge in [-0.2, -0.15) is 0 Å². The molecule has 1 fully saturated rings. The van der Waals surface area contributed by atoms with E-state index in [9.17, 15) is 0 Å². The van der Waals surface area contributed by atoms with Gasteiger partial charge in [-0.1, -0.05) is 30.3 Å². The molecule has 1 aliphatic rings. The Morgan fingerprint density at radius 2 is 1.87 bits per heavy atom. The highest BCUT2D eigenvalue weighted by Crippen LogP contribution is 2.34. The Morgan fingerprint density at radius 3 is 2.65 bits per heavy atom. The van der Waals surface area contributed by atoms with Gasteiger partial charge in [-0.3, -0.25) is 0 Å². The monoisotopic (exact) mass is 413 g/mol. The number of benzene rings is 2. The van der Waals surface area contributed by atoms with E-state index in [0.29, 0.717) is 17.6 Å². The van der Waals surface area contributed by atoms with Crippen LogP contribution in [0.2, 0.25) is 0 Å². The molecule has 7 nitrogen and oxygen atoms in total. The van der Waals surface area contributed by atoms with Gasteiger partial charge in [0, 0.05) is 42.3 Å². The average molecular weight is 414 g/mol. The van der Waals surface area contributed by atoms with Gasteiger partial charge >= 0.3 is 0 Å². The molecule has 0 amide bonds. The summed E-state index contributed by atoms with van der Waals surface area (Å²) in [6.45, 7) is 1.88. The van der Waals surface area contributed by atoms with Crippen LogP contribution in [0.5, 0.6) is 0 Å². The molecule has 1 saturated heterocycles. The number of hydrogen-bond acceptors (Lipinski definition) is 6. The van der Waals surface area contributed by atoms with Gasteiger partial charge < -0.3 is 25.8 Å². The number of hydrogen-bond donors (Lipinski definition) is 3. The molecule has 158 valence electrons. The van der Waals surface area contributed by atoms with E-state index in [0.717, 1.165) is 53.3 Å². The molecular formula is C24H27N7. The van der Waals surface area contributed by atoms with Crippen LogP contribution in [0.25, 0.3) is 22.4 Å². The Bertz CT molecular complexity index is 1200. The highest BCUT2D eigenvalue weighted by Gasteiger charge is 2.28. The summed E-state index contributed by atoms with van der Waals surface area (Å²) in [5.41, 5.74) is 10.7. The number of aromatic nitrogens is 3. The maximum atomic E-state index is 6.28. The van der Waals surface area contributed by atoms with Gasteiger partial charge in [0.1, 0.15) is 11.5 Å². The number of H-pyrrole nitrogens is 1. The molecule has 0 radical (unpaired) electrons. The summed E-state index contributed by atoms with van der Waals surface area (Å²) >= 11 is 0. The van der Waals surface area contributed by atoms with E-state index >= 15 is 0 Å². The van der Waals surface area contributed by atoms with Crippen molar-refractivity contribution in [3.63, 3.8) is 0 Å². The highest BCUT2D eigenvalue weighted by atomic mass is 15.3. The lowest BCUT2D eigenvalue weighted by Gasteiger charge is -2.22. The minimum Gasteiger partial charge on any atom is -0.397 e. The third kappa shape index (κ3) is 3.80. The molecule has 0 unspecified atom stereocenters. The number of likely N-dealkylation sites (N-methyl/N-ethyl adjacent to an activating group) is 1. The predicted molar refractivity (Wildman–Crippen MR) is 128 cm³/mol. The number of nitrogens with zero attached hydrogens (tertiary/aromatic N) is 4. The zero-order chi connectivity index (χ0) is 21.4. The van der Waals surface area contributed by atoms with Crippen LogP contribution < -0.4 is 16.0 Å². The summed E-state index contributed by atoms with van der Waals surface area (Å²) in [4.78, 5) is 17.6. The van der Waals surface area contributed by atoms with E-state index in [2.05, 4.69) is 40.3 Å². The second-order valence-corrected chi connectivity index (χ2v) is 8.26. The molecule has 7 heteroatoms. The summed E-state index contributed by atoms with van der Waals surface area (Å²) in [7, 11) is 4.26. The van der Waals surface area contributed by atoms with Crippen LogP contribution in [-0.2, 0) is 0 Å². The van der Waals surface area contributed by atoms with Gasteiger partial charge in [0.25, 0.3) is 0 Å². The number of anilines is 4. The van der Waals surface area contributed by atoms with Crippen LogP contribution in [0.15, 0.2) is 60.8 Å². The van der Waals surface area contributed by atoms with E-state index < -0.39 is 0 Å². The van der Waals surface area contributed by atoms with Crippen LogP contribution in [0.3, 0.4) is 0 Å². The third-order valence-electron chi connectivity index (χ3n) is 5.92. The Hall–Kier alpha value is -3.58. The van der Waals surface area contributed by atoms with Gasteiger partial charge in [-0.25, -0.2) is 9.97 Å². The average Bonchev–Trinajstić information content (AvgIpc) is 3.42. The van der Waals surface area contributed by atoms with Crippen LogP contribution >= 0.6 is 0 Å². The molecule has 0 aliphatic carbocycles. The van der Waals surface area contributed by atoms with Crippen LogP contribution in [0.1, 0.15) is 6.42 Å². The van der Waals surface area contributed by atoms with Crippen molar-refractivity contribution in [1.82, 2.24) is 19.9 Å². The predicted octanol–water partition coefficient (Wildman–Crippen LogP) is 4.09. The fraction of sp³-hybridized carbons (Fsp3) is 0.250. The van der Waals surface area contributed by atoms with Crippen LogP contribution in [0.4, 0.5) is 22.9 Å². The fourth-order valence-corrected chi connectivity index (χ4v) is 4.18. The molecule has 3 heterocycles. The largest absolute Gasteiger partial charge is 0.397 e.